The molecule has 1 aromatic rings. The SMILES string of the molecule is C=Cc1cccc(SCCCCCC)c1. The van der Waals surface area contributed by atoms with E-state index in [2.05, 4.69) is 37.8 Å². The summed E-state index contributed by atoms with van der Waals surface area (Å²) in [7, 11) is 0. The van der Waals surface area contributed by atoms with Gasteiger partial charge in [-0.05, 0) is 29.9 Å². The van der Waals surface area contributed by atoms with E-state index in [1.165, 1.54) is 41.9 Å². The van der Waals surface area contributed by atoms with Gasteiger partial charge in [0.15, 0.2) is 0 Å². The van der Waals surface area contributed by atoms with Crippen LogP contribution in [0.5, 0.6) is 0 Å². The molecule has 1 heteroatoms. The highest BCUT2D eigenvalue weighted by molar-refractivity contribution is 7.99. The molecule has 0 nitrogen and oxygen atoms in total. The summed E-state index contributed by atoms with van der Waals surface area (Å²) < 4.78 is 0. The summed E-state index contributed by atoms with van der Waals surface area (Å²) in [6, 6.07) is 8.58. The van der Waals surface area contributed by atoms with E-state index < -0.39 is 0 Å². The van der Waals surface area contributed by atoms with Gasteiger partial charge in [0.25, 0.3) is 0 Å². The van der Waals surface area contributed by atoms with Crippen molar-refractivity contribution < 1.29 is 0 Å². The fourth-order valence-electron chi connectivity index (χ4n) is 1.45. The van der Waals surface area contributed by atoms with E-state index in [-0.39, 0.29) is 0 Å². The molecule has 0 saturated heterocycles. The molecule has 0 aliphatic heterocycles. The first-order valence-electron chi connectivity index (χ1n) is 5.72. The second-order valence-corrected chi connectivity index (χ2v) is 4.85. The Hall–Kier alpha value is -0.690. The molecule has 0 bridgehead atoms. The van der Waals surface area contributed by atoms with Crippen LogP contribution in [0.25, 0.3) is 6.08 Å². The highest BCUT2D eigenvalue weighted by Crippen LogP contribution is 2.21. The van der Waals surface area contributed by atoms with Gasteiger partial charge in [-0.1, -0.05) is 51.0 Å². The van der Waals surface area contributed by atoms with Crippen molar-refractivity contribution >= 4 is 17.8 Å². The topological polar surface area (TPSA) is 0 Å². The molecule has 0 saturated carbocycles. The third-order valence-electron chi connectivity index (χ3n) is 2.36. The number of hydrogen-bond acceptors (Lipinski definition) is 1. The van der Waals surface area contributed by atoms with Crippen molar-refractivity contribution in [1.29, 1.82) is 0 Å². The maximum Gasteiger partial charge on any atom is 0.00778 e. The van der Waals surface area contributed by atoms with Crippen LogP contribution in [0.3, 0.4) is 0 Å². The lowest BCUT2D eigenvalue weighted by atomic mass is 10.2. The standard InChI is InChI=1S/C14H20S/c1-3-5-6-7-11-15-14-10-8-9-13(4-2)12-14/h4,8-10,12H,2-3,5-7,11H2,1H3. The zero-order valence-corrected chi connectivity index (χ0v) is 10.4. The molecule has 0 atom stereocenters. The molecule has 15 heavy (non-hydrogen) atoms. The zero-order chi connectivity index (χ0) is 10.9. The van der Waals surface area contributed by atoms with Gasteiger partial charge in [0.1, 0.15) is 0 Å². The monoisotopic (exact) mass is 220 g/mol. The van der Waals surface area contributed by atoms with Gasteiger partial charge >= 0.3 is 0 Å². The highest BCUT2D eigenvalue weighted by atomic mass is 32.2. The second-order valence-electron chi connectivity index (χ2n) is 3.69. The number of benzene rings is 1. The molecule has 0 fully saturated rings. The highest BCUT2D eigenvalue weighted by Gasteiger charge is 1.94. The first-order valence-corrected chi connectivity index (χ1v) is 6.70. The molecule has 82 valence electrons. The van der Waals surface area contributed by atoms with E-state index in [1.54, 1.807) is 0 Å². The summed E-state index contributed by atoms with van der Waals surface area (Å²) in [4.78, 5) is 1.36. The summed E-state index contributed by atoms with van der Waals surface area (Å²) in [5, 5.41) is 0. The van der Waals surface area contributed by atoms with Crippen LogP contribution < -0.4 is 0 Å². The lowest BCUT2D eigenvalue weighted by Crippen LogP contribution is -1.81. The van der Waals surface area contributed by atoms with Crippen molar-refractivity contribution in [2.24, 2.45) is 0 Å². The van der Waals surface area contributed by atoms with Gasteiger partial charge in [-0.15, -0.1) is 11.8 Å². The van der Waals surface area contributed by atoms with Gasteiger partial charge in [-0.25, -0.2) is 0 Å². The predicted molar refractivity (Wildman–Crippen MR) is 71.4 cm³/mol. The molecule has 0 heterocycles. The Morgan fingerprint density at radius 3 is 2.87 bits per heavy atom. The van der Waals surface area contributed by atoms with Crippen molar-refractivity contribution in [3.8, 4) is 0 Å². The van der Waals surface area contributed by atoms with Crippen LogP contribution in [0.1, 0.15) is 38.2 Å². The average Bonchev–Trinajstić information content (AvgIpc) is 2.29. The summed E-state index contributed by atoms with van der Waals surface area (Å²) in [6.45, 7) is 6.03. The molecule has 0 aliphatic rings. The fraction of sp³-hybridized carbons (Fsp3) is 0.429. The van der Waals surface area contributed by atoms with E-state index in [9.17, 15) is 0 Å². The minimum atomic E-state index is 1.22. The van der Waals surface area contributed by atoms with Crippen LogP contribution in [0, 0.1) is 0 Å². The van der Waals surface area contributed by atoms with Crippen LogP contribution in [0.4, 0.5) is 0 Å². The lowest BCUT2D eigenvalue weighted by molar-refractivity contribution is 0.706. The Morgan fingerprint density at radius 1 is 1.27 bits per heavy atom. The summed E-state index contributed by atoms with van der Waals surface area (Å²) in [5.74, 6) is 1.24. The summed E-state index contributed by atoms with van der Waals surface area (Å²) >= 11 is 1.95. The minimum Gasteiger partial charge on any atom is -0.126 e. The maximum atomic E-state index is 3.78. The van der Waals surface area contributed by atoms with Crippen LogP contribution >= 0.6 is 11.8 Å². The summed E-state index contributed by atoms with van der Waals surface area (Å²) in [5.41, 5.74) is 1.22. The second kappa shape index (κ2) is 7.58. The molecular weight excluding hydrogens is 200 g/mol. The number of rotatable bonds is 7. The van der Waals surface area contributed by atoms with Crippen LogP contribution in [-0.2, 0) is 0 Å². The molecule has 0 unspecified atom stereocenters. The number of thioether (sulfide) groups is 1. The largest absolute Gasteiger partial charge is 0.126 e. The Balaban J connectivity index is 2.27. The predicted octanol–water partition coefficient (Wildman–Crippen LogP) is 5.00. The van der Waals surface area contributed by atoms with Crippen molar-refractivity contribution in [3.63, 3.8) is 0 Å². The van der Waals surface area contributed by atoms with Crippen molar-refractivity contribution in [2.45, 2.75) is 37.5 Å². The van der Waals surface area contributed by atoms with Gasteiger partial charge in [0, 0.05) is 4.90 Å². The lowest BCUT2D eigenvalue weighted by Gasteiger charge is -2.02. The van der Waals surface area contributed by atoms with E-state index in [0.717, 1.165) is 0 Å². The van der Waals surface area contributed by atoms with Crippen LogP contribution in [-0.4, -0.2) is 5.75 Å². The fourth-order valence-corrected chi connectivity index (χ4v) is 2.43. The first kappa shape index (κ1) is 12.4. The molecule has 1 aromatic carbocycles. The number of unbranched alkanes of at least 4 members (excludes halogenated alkanes) is 3. The average molecular weight is 220 g/mol. The number of hydrogen-bond donors (Lipinski definition) is 0. The van der Waals surface area contributed by atoms with Gasteiger partial charge in [0.05, 0.1) is 0 Å². The minimum absolute atomic E-state index is 1.22. The van der Waals surface area contributed by atoms with Crippen LogP contribution in [0.2, 0.25) is 0 Å². The van der Waals surface area contributed by atoms with Gasteiger partial charge < -0.3 is 0 Å². The molecule has 1 rings (SSSR count). The Bertz CT molecular complexity index is 291. The summed E-state index contributed by atoms with van der Waals surface area (Å²) in [6.07, 6.45) is 7.28. The van der Waals surface area contributed by atoms with Crippen LogP contribution in [0.15, 0.2) is 35.7 Å². The first-order chi connectivity index (χ1) is 7.36. The van der Waals surface area contributed by atoms with Crippen molar-refractivity contribution in [3.05, 3.63) is 36.4 Å². The van der Waals surface area contributed by atoms with Gasteiger partial charge in [-0.2, -0.15) is 0 Å². The smallest absolute Gasteiger partial charge is 0.00778 e. The molecule has 0 spiro atoms. The molecule has 0 N–H and O–H groups in total. The van der Waals surface area contributed by atoms with Gasteiger partial charge in [-0.3, -0.25) is 0 Å². The van der Waals surface area contributed by atoms with E-state index >= 15 is 0 Å². The van der Waals surface area contributed by atoms with Crippen molar-refractivity contribution in [2.75, 3.05) is 5.75 Å². The normalized spacial score (nSPS) is 10.2. The third kappa shape index (κ3) is 5.08. The molecule has 0 amide bonds. The quantitative estimate of drug-likeness (QED) is 0.460. The van der Waals surface area contributed by atoms with Crippen molar-refractivity contribution in [1.82, 2.24) is 0 Å². The molecule has 0 radical (unpaired) electrons. The molecule has 0 aromatic heterocycles. The zero-order valence-electron chi connectivity index (χ0n) is 9.54. The Kier molecular flexibility index (Phi) is 6.26. The van der Waals surface area contributed by atoms with E-state index in [1.807, 2.05) is 17.8 Å². The molecule has 0 aliphatic carbocycles. The Labute approximate surface area is 97.8 Å². The third-order valence-corrected chi connectivity index (χ3v) is 3.44. The molecular formula is C14H20S. The van der Waals surface area contributed by atoms with Gasteiger partial charge in [0.2, 0.25) is 0 Å². The maximum absolute atomic E-state index is 3.78. The van der Waals surface area contributed by atoms with E-state index in [0.29, 0.717) is 0 Å². The van der Waals surface area contributed by atoms with E-state index in [4.69, 9.17) is 0 Å². The Morgan fingerprint density at radius 2 is 2.13 bits per heavy atom.